The van der Waals surface area contributed by atoms with Crippen LogP contribution >= 0.6 is 0 Å². The molecule has 2 aromatic carbocycles. The maximum atomic E-state index is 15.2. The van der Waals surface area contributed by atoms with Crippen molar-refractivity contribution in [3.8, 4) is 16.9 Å². The summed E-state index contributed by atoms with van der Waals surface area (Å²) in [5.41, 5.74) is 3.04. The average Bonchev–Trinajstić information content (AvgIpc) is 2.83. The number of nitrogens with one attached hydrogen (secondary N) is 1. The first-order valence-electron chi connectivity index (χ1n) is 10.9. The maximum absolute atomic E-state index is 15.2. The molecular formula is C24H22F3N5O4S. The third kappa shape index (κ3) is 5.07. The smallest absolute Gasteiger partial charge is 0.260 e. The van der Waals surface area contributed by atoms with Crippen LogP contribution in [0.15, 0.2) is 47.4 Å². The second kappa shape index (κ2) is 9.73. The van der Waals surface area contributed by atoms with Gasteiger partial charge in [-0.3, -0.25) is 14.1 Å². The molecule has 3 N–H and O–H groups in total. The Labute approximate surface area is 209 Å². The number of nitrogens with zero attached hydrogens (tertiary/aromatic N) is 3. The van der Waals surface area contributed by atoms with E-state index in [0.717, 1.165) is 0 Å². The first kappa shape index (κ1) is 25.9. The van der Waals surface area contributed by atoms with Crippen LogP contribution in [-0.2, 0) is 15.8 Å². The van der Waals surface area contributed by atoms with E-state index in [-0.39, 0.29) is 28.1 Å². The Kier molecular flexibility index (Phi) is 6.82. The highest BCUT2D eigenvalue weighted by molar-refractivity contribution is 7.91. The number of aromatic nitrogens is 3. The highest BCUT2D eigenvalue weighted by Gasteiger charge is 2.26. The average molecular weight is 534 g/mol. The fourth-order valence-electron chi connectivity index (χ4n) is 3.86. The Morgan fingerprint density at radius 1 is 1.11 bits per heavy atom. The number of hydrogen-bond acceptors (Lipinski definition) is 7. The summed E-state index contributed by atoms with van der Waals surface area (Å²) in [6.45, 7) is 3.33. The number of methoxy groups -OCH3 is 1. The van der Waals surface area contributed by atoms with Crippen molar-refractivity contribution in [2.24, 2.45) is 0 Å². The summed E-state index contributed by atoms with van der Waals surface area (Å²) in [7, 11) is -2.96. The van der Waals surface area contributed by atoms with Crippen LogP contribution in [-0.4, -0.2) is 30.1 Å². The van der Waals surface area contributed by atoms with Gasteiger partial charge in [-0.25, -0.2) is 26.6 Å². The standard InChI is InChI=1S/C24H22F3N5O4S/c1-12(2)32-22-14(10-29-24(28)30-22)8-17(23(32)33)16-9-18(25)21(20(27)19(16)26)31-37(34,35)11-13-5-4-6-15(7-13)36-3/h4-10,12,31H,11H2,1-3H3,(H2,28,29,30). The molecule has 0 fully saturated rings. The number of nitrogens with two attached hydrogens (primary N) is 1. The molecule has 0 spiro atoms. The number of halogens is 3. The summed E-state index contributed by atoms with van der Waals surface area (Å²) in [6, 6.07) is 7.35. The van der Waals surface area contributed by atoms with E-state index < -0.39 is 56.1 Å². The van der Waals surface area contributed by atoms with E-state index in [2.05, 4.69) is 9.97 Å². The zero-order valence-electron chi connectivity index (χ0n) is 19.9. The van der Waals surface area contributed by atoms with Gasteiger partial charge in [0.25, 0.3) is 5.56 Å². The summed E-state index contributed by atoms with van der Waals surface area (Å²) in [6.07, 6.45) is 1.30. The van der Waals surface area contributed by atoms with Crippen LogP contribution in [0.5, 0.6) is 5.75 Å². The van der Waals surface area contributed by atoms with Crippen LogP contribution in [0.3, 0.4) is 0 Å². The van der Waals surface area contributed by atoms with Gasteiger partial charge >= 0.3 is 0 Å². The molecule has 0 amide bonds. The number of sulfonamides is 1. The number of nitrogen functional groups attached to an aromatic ring is 1. The van der Waals surface area contributed by atoms with Crippen molar-refractivity contribution in [2.45, 2.75) is 25.6 Å². The first-order valence-corrected chi connectivity index (χ1v) is 12.6. The van der Waals surface area contributed by atoms with E-state index in [0.29, 0.717) is 11.8 Å². The molecule has 0 saturated carbocycles. The SMILES string of the molecule is COc1cccc(CS(=O)(=O)Nc2c(F)cc(-c3cc4cnc(N)nc4n(C(C)C)c3=O)c(F)c2F)c1. The minimum atomic E-state index is -4.36. The number of ether oxygens (including phenoxy) is 1. The van der Waals surface area contributed by atoms with Crippen molar-refractivity contribution in [3.05, 3.63) is 76.0 Å². The molecular weight excluding hydrogens is 511 g/mol. The van der Waals surface area contributed by atoms with Crippen LogP contribution in [0.25, 0.3) is 22.2 Å². The van der Waals surface area contributed by atoms with Crippen LogP contribution in [0.1, 0.15) is 25.5 Å². The molecule has 0 aliphatic carbocycles. The minimum absolute atomic E-state index is 0.0945. The van der Waals surface area contributed by atoms with Gasteiger partial charge in [0, 0.05) is 23.2 Å². The van der Waals surface area contributed by atoms with Crippen molar-refractivity contribution in [2.75, 3.05) is 17.6 Å². The first-order chi connectivity index (χ1) is 17.4. The minimum Gasteiger partial charge on any atom is -0.497 e. The molecule has 0 unspecified atom stereocenters. The molecule has 0 bridgehead atoms. The second-order valence-electron chi connectivity index (χ2n) is 8.46. The number of fused-ring (bicyclic) bond motifs is 1. The molecule has 0 atom stereocenters. The fraction of sp³-hybridized carbons (Fsp3) is 0.208. The Morgan fingerprint density at radius 3 is 2.51 bits per heavy atom. The van der Waals surface area contributed by atoms with Gasteiger partial charge in [-0.1, -0.05) is 12.1 Å². The molecule has 0 radical (unpaired) electrons. The molecule has 0 saturated heterocycles. The lowest BCUT2D eigenvalue weighted by atomic mass is 10.0. The predicted octanol–water partition coefficient (Wildman–Crippen LogP) is 3.99. The van der Waals surface area contributed by atoms with E-state index in [1.54, 1.807) is 30.7 Å². The summed E-state index contributed by atoms with van der Waals surface area (Å²) in [5.74, 6) is -5.18. The third-order valence-corrected chi connectivity index (χ3v) is 6.73. The van der Waals surface area contributed by atoms with Crippen LogP contribution in [0.4, 0.5) is 24.8 Å². The number of hydrogen-bond donors (Lipinski definition) is 2. The predicted molar refractivity (Wildman–Crippen MR) is 133 cm³/mol. The van der Waals surface area contributed by atoms with Crippen molar-refractivity contribution < 1.29 is 26.3 Å². The van der Waals surface area contributed by atoms with Crippen molar-refractivity contribution >= 4 is 32.7 Å². The second-order valence-corrected chi connectivity index (χ2v) is 10.2. The van der Waals surface area contributed by atoms with Crippen molar-refractivity contribution in [3.63, 3.8) is 0 Å². The van der Waals surface area contributed by atoms with Gasteiger partial charge < -0.3 is 10.5 Å². The number of anilines is 2. The van der Waals surface area contributed by atoms with Crippen LogP contribution < -0.4 is 20.8 Å². The van der Waals surface area contributed by atoms with Gasteiger partial charge in [0.05, 0.1) is 18.4 Å². The largest absolute Gasteiger partial charge is 0.497 e. The molecule has 0 aliphatic rings. The molecule has 2 aromatic heterocycles. The molecule has 13 heteroatoms. The Balaban J connectivity index is 1.79. The van der Waals surface area contributed by atoms with Gasteiger partial charge in [-0.2, -0.15) is 4.98 Å². The number of benzene rings is 2. The highest BCUT2D eigenvalue weighted by atomic mass is 32.2. The molecule has 2 heterocycles. The van der Waals surface area contributed by atoms with E-state index in [1.807, 2.05) is 0 Å². The van der Waals surface area contributed by atoms with Crippen LogP contribution in [0.2, 0.25) is 0 Å². The Morgan fingerprint density at radius 2 is 1.84 bits per heavy atom. The summed E-state index contributed by atoms with van der Waals surface area (Å²) < 4.78 is 78.5. The van der Waals surface area contributed by atoms with Crippen LogP contribution in [0, 0.1) is 17.5 Å². The van der Waals surface area contributed by atoms with Gasteiger partial charge in [0.1, 0.15) is 17.1 Å². The lowest BCUT2D eigenvalue weighted by Gasteiger charge is -2.17. The van der Waals surface area contributed by atoms with Gasteiger partial charge in [0.15, 0.2) is 17.5 Å². The molecule has 0 aliphatic heterocycles. The van der Waals surface area contributed by atoms with E-state index in [1.165, 1.54) is 36.1 Å². The zero-order valence-corrected chi connectivity index (χ0v) is 20.7. The summed E-state index contributed by atoms with van der Waals surface area (Å²) >= 11 is 0. The Bertz CT molecular complexity index is 1690. The van der Waals surface area contributed by atoms with Gasteiger partial charge in [-0.15, -0.1) is 0 Å². The quantitative estimate of drug-likeness (QED) is 0.344. The normalized spacial score (nSPS) is 11.8. The van der Waals surface area contributed by atoms with Gasteiger partial charge in [0.2, 0.25) is 16.0 Å². The summed E-state index contributed by atoms with van der Waals surface area (Å²) in [5, 5.41) is 0.279. The van der Waals surface area contributed by atoms with Crippen molar-refractivity contribution in [1.29, 1.82) is 0 Å². The topological polar surface area (TPSA) is 129 Å². The lowest BCUT2D eigenvalue weighted by Crippen LogP contribution is -2.25. The monoisotopic (exact) mass is 533 g/mol. The number of rotatable bonds is 7. The van der Waals surface area contributed by atoms with E-state index in [4.69, 9.17) is 10.5 Å². The Hall–Kier alpha value is -4.13. The summed E-state index contributed by atoms with van der Waals surface area (Å²) in [4.78, 5) is 21.1. The molecule has 4 rings (SSSR count). The molecule has 4 aromatic rings. The van der Waals surface area contributed by atoms with E-state index >= 15 is 13.2 Å². The van der Waals surface area contributed by atoms with E-state index in [9.17, 15) is 13.2 Å². The number of pyridine rings is 1. The molecule has 194 valence electrons. The zero-order chi connectivity index (χ0) is 27.1. The van der Waals surface area contributed by atoms with Gasteiger partial charge in [-0.05, 0) is 43.7 Å². The lowest BCUT2D eigenvalue weighted by molar-refractivity contribution is 0.414. The molecule has 37 heavy (non-hydrogen) atoms. The highest BCUT2D eigenvalue weighted by Crippen LogP contribution is 2.32. The third-order valence-electron chi connectivity index (χ3n) is 5.51. The fourth-order valence-corrected chi connectivity index (χ4v) is 5.05. The molecule has 9 nitrogen and oxygen atoms in total. The van der Waals surface area contributed by atoms with Crippen molar-refractivity contribution in [1.82, 2.24) is 14.5 Å². The maximum Gasteiger partial charge on any atom is 0.260 e.